The van der Waals surface area contributed by atoms with Gasteiger partial charge in [-0.2, -0.15) is 5.26 Å². The standard InChI is InChI=1S/C28H38O.C2H3N/c1-4-5-6-7-8-9-10-11-12-15-21-29-27-20-16-19-26-22(2)24-17-13-14-18-25(24)23(3)28(26)27;1-2-3/h13-14,16-20H,4-12,15,21H2,1-3H3;1H3. The highest BCUT2D eigenvalue weighted by Gasteiger charge is 2.12. The highest BCUT2D eigenvalue weighted by Crippen LogP contribution is 2.37. The van der Waals surface area contributed by atoms with E-state index in [4.69, 9.17) is 10.00 Å². The molecule has 0 aliphatic heterocycles. The quantitative estimate of drug-likeness (QED) is 0.211. The highest BCUT2D eigenvalue weighted by atomic mass is 16.5. The zero-order chi connectivity index (χ0) is 23.2. The number of benzene rings is 3. The summed E-state index contributed by atoms with van der Waals surface area (Å²) >= 11 is 0. The Hall–Kier alpha value is -2.53. The number of nitriles is 1. The van der Waals surface area contributed by atoms with Gasteiger partial charge in [0.25, 0.3) is 0 Å². The fourth-order valence-electron chi connectivity index (χ4n) is 4.54. The Kier molecular flexibility index (Phi) is 11.7. The van der Waals surface area contributed by atoms with E-state index in [1.807, 2.05) is 0 Å². The summed E-state index contributed by atoms with van der Waals surface area (Å²) in [7, 11) is 0. The minimum atomic E-state index is 0.820. The summed E-state index contributed by atoms with van der Waals surface area (Å²) in [6.45, 7) is 9.00. The third-order valence-electron chi connectivity index (χ3n) is 6.30. The molecule has 0 spiro atoms. The zero-order valence-corrected chi connectivity index (χ0v) is 20.7. The number of hydrogen-bond acceptors (Lipinski definition) is 2. The maximum absolute atomic E-state index is 7.32. The van der Waals surface area contributed by atoms with E-state index >= 15 is 0 Å². The SMILES string of the molecule is CC#N.CCCCCCCCCCCCOc1cccc2c(C)c3ccccc3c(C)c12. The van der Waals surface area contributed by atoms with Crippen LogP contribution in [-0.4, -0.2) is 6.61 Å². The van der Waals surface area contributed by atoms with Crippen molar-refractivity contribution in [3.8, 4) is 11.8 Å². The van der Waals surface area contributed by atoms with Crippen molar-refractivity contribution in [2.24, 2.45) is 0 Å². The second-order valence-electron chi connectivity index (χ2n) is 8.73. The Balaban J connectivity index is 0.00000114. The average molecular weight is 432 g/mol. The summed E-state index contributed by atoms with van der Waals surface area (Å²) in [5, 5.41) is 12.6. The van der Waals surface area contributed by atoms with Crippen LogP contribution in [0, 0.1) is 25.2 Å². The van der Waals surface area contributed by atoms with Crippen LogP contribution in [0.3, 0.4) is 0 Å². The van der Waals surface area contributed by atoms with Gasteiger partial charge in [-0.25, -0.2) is 0 Å². The molecule has 0 aromatic heterocycles. The lowest BCUT2D eigenvalue weighted by Gasteiger charge is -2.16. The Morgan fingerprint density at radius 3 is 1.78 bits per heavy atom. The molecule has 0 bridgehead atoms. The van der Waals surface area contributed by atoms with Crippen molar-refractivity contribution in [3.63, 3.8) is 0 Å². The lowest BCUT2D eigenvalue weighted by molar-refractivity contribution is 0.307. The summed E-state index contributed by atoms with van der Waals surface area (Å²) in [5.74, 6) is 1.05. The number of aryl methyl sites for hydroxylation is 2. The lowest BCUT2D eigenvalue weighted by atomic mass is 9.93. The van der Waals surface area contributed by atoms with Crippen LogP contribution in [0.2, 0.25) is 0 Å². The van der Waals surface area contributed by atoms with Gasteiger partial charge >= 0.3 is 0 Å². The summed E-state index contributed by atoms with van der Waals surface area (Å²) in [6, 6.07) is 17.0. The summed E-state index contributed by atoms with van der Waals surface area (Å²) in [4.78, 5) is 0. The van der Waals surface area contributed by atoms with Gasteiger partial charge in [-0.05, 0) is 53.6 Å². The largest absolute Gasteiger partial charge is 0.493 e. The van der Waals surface area contributed by atoms with Gasteiger partial charge in [0.05, 0.1) is 12.7 Å². The first kappa shape index (κ1) is 25.7. The van der Waals surface area contributed by atoms with Crippen LogP contribution in [0.25, 0.3) is 21.5 Å². The molecule has 3 aromatic rings. The molecule has 0 amide bonds. The van der Waals surface area contributed by atoms with E-state index in [2.05, 4.69) is 63.2 Å². The smallest absolute Gasteiger partial charge is 0.127 e. The normalized spacial score (nSPS) is 10.6. The summed E-state index contributed by atoms with van der Waals surface area (Å²) in [6.07, 6.45) is 13.6. The van der Waals surface area contributed by atoms with Crippen molar-refractivity contribution in [2.75, 3.05) is 6.61 Å². The molecule has 0 aliphatic rings. The predicted molar refractivity (Wildman–Crippen MR) is 140 cm³/mol. The van der Waals surface area contributed by atoms with Gasteiger partial charge in [0, 0.05) is 12.3 Å². The first-order chi connectivity index (χ1) is 15.7. The van der Waals surface area contributed by atoms with Gasteiger partial charge in [0.1, 0.15) is 5.75 Å². The highest BCUT2D eigenvalue weighted by molar-refractivity contribution is 6.07. The minimum absolute atomic E-state index is 0.820. The molecule has 3 aromatic carbocycles. The number of rotatable bonds is 12. The molecule has 172 valence electrons. The van der Waals surface area contributed by atoms with Crippen molar-refractivity contribution >= 4 is 21.5 Å². The van der Waals surface area contributed by atoms with E-state index in [0.717, 1.165) is 18.8 Å². The molecule has 32 heavy (non-hydrogen) atoms. The van der Waals surface area contributed by atoms with Crippen LogP contribution >= 0.6 is 0 Å². The van der Waals surface area contributed by atoms with Gasteiger partial charge < -0.3 is 4.74 Å². The number of nitrogens with zero attached hydrogens (tertiary/aromatic N) is 1. The molecule has 2 nitrogen and oxygen atoms in total. The summed E-state index contributed by atoms with van der Waals surface area (Å²) in [5.41, 5.74) is 2.69. The Bertz CT molecular complexity index is 999. The molecule has 2 heteroatoms. The maximum Gasteiger partial charge on any atom is 0.127 e. The number of fused-ring (bicyclic) bond motifs is 2. The Morgan fingerprint density at radius 1 is 0.688 bits per heavy atom. The molecule has 0 fully saturated rings. The van der Waals surface area contributed by atoms with Gasteiger partial charge in [-0.15, -0.1) is 0 Å². The molecule has 0 aliphatic carbocycles. The fourth-order valence-corrected chi connectivity index (χ4v) is 4.54. The van der Waals surface area contributed by atoms with Gasteiger partial charge in [-0.3, -0.25) is 0 Å². The molecule has 0 unspecified atom stereocenters. The van der Waals surface area contributed by atoms with Crippen molar-refractivity contribution in [1.29, 1.82) is 5.26 Å². The lowest BCUT2D eigenvalue weighted by Crippen LogP contribution is -1.99. The van der Waals surface area contributed by atoms with E-state index in [1.54, 1.807) is 6.07 Å². The topological polar surface area (TPSA) is 33.0 Å². The van der Waals surface area contributed by atoms with E-state index in [9.17, 15) is 0 Å². The molecule has 0 saturated carbocycles. The minimum Gasteiger partial charge on any atom is -0.493 e. The number of hydrogen-bond donors (Lipinski definition) is 0. The molecular formula is C30H41NO. The van der Waals surface area contributed by atoms with Crippen LogP contribution in [0.15, 0.2) is 42.5 Å². The van der Waals surface area contributed by atoms with E-state index in [0.29, 0.717) is 0 Å². The Labute approximate surface area is 195 Å². The van der Waals surface area contributed by atoms with Crippen LogP contribution in [0.1, 0.15) is 89.2 Å². The average Bonchev–Trinajstić information content (AvgIpc) is 2.81. The first-order valence-corrected chi connectivity index (χ1v) is 12.5. The van der Waals surface area contributed by atoms with E-state index in [-0.39, 0.29) is 0 Å². The van der Waals surface area contributed by atoms with Crippen molar-refractivity contribution < 1.29 is 4.74 Å². The second kappa shape index (κ2) is 14.5. The fraction of sp³-hybridized carbons (Fsp3) is 0.500. The van der Waals surface area contributed by atoms with Crippen LogP contribution < -0.4 is 4.74 Å². The number of ether oxygens (including phenoxy) is 1. The monoisotopic (exact) mass is 431 g/mol. The molecule has 0 saturated heterocycles. The number of unbranched alkanes of at least 4 members (excludes halogenated alkanes) is 9. The molecule has 0 radical (unpaired) electrons. The molecule has 0 atom stereocenters. The maximum atomic E-state index is 7.32. The van der Waals surface area contributed by atoms with E-state index in [1.165, 1.54) is 97.4 Å². The van der Waals surface area contributed by atoms with Crippen molar-refractivity contribution in [2.45, 2.75) is 91.9 Å². The van der Waals surface area contributed by atoms with E-state index < -0.39 is 0 Å². The molecular weight excluding hydrogens is 390 g/mol. The van der Waals surface area contributed by atoms with Crippen molar-refractivity contribution in [3.05, 3.63) is 53.6 Å². The molecule has 0 heterocycles. The third-order valence-corrected chi connectivity index (χ3v) is 6.30. The van der Waals surface area contributed by atoms with Gasteiger partial charge in [0.2, 0.25) is 0 Å². The Morgan fingerprint density at radius 2 is 1.19 bits per heavy atom. The zero-order valence-electron chi connectivity index (χ0n) is 20.7. The van der Waals surface area contributed by atoms with Gasteiger partial charge in [0.15, 0.2) is 0 Å². The predicted octanol–water partition coefficient (Wildman–Crippen LogP) is 9.44. The third kappa shape index (κ3) is 7.27. The molecule has 3 rings (SSSR count). The van der Waals surface area contributed by atoms with Crippen LogP contribution in [0.5, 0.6) is 5.75 Å². The summed E-state index contributed by atoms with van der Waals surface area (Å²) < 4.78 is 6.28. The second-order valence-corrected chi connectivity index (χ2v) is 8.73. The van der Waals surface area contributed by atoms with Crippen LogP contribution in [-0.2, 0) is 0 Å². The van der Waals surface area contributed by atoms with Crippen LogP contribution in [0.4, 0.5) is 0 Å². The van der Waals surface area contributed by atoms with Gasteiger partial charge in [-0.1, -0.05) is 101 Å². The first-order valence-electron chi connectivity index (χ1n) is 12.5. The van der Waals surface area contributed by atoms with Crippen molar-refractivity contribution in [1.82, 2.24) is 0 Å². The molecule has 0 N–H and O–H groups in total.